The van der Waals surface area contributed by atoms with E-state index in [0.717, 1.165) is 5.56 Å². The summed E-state index contributed by atoms with van der Waals surface area (Å²) < 4.78 is 14.2. The van der Waals surface area contributed by atoms with Crippen molar-refractivity contribution in [3.8, 4) is 22.5 Å². The lowest BCUT2D eigenvalue weighted by atomic mass is 10.0. The molecule has 0 bridgehead atoms. The molecule has 0 unspecified atom stereocenters. The van der Waals surface area contributed by atoms with Gasteiger partial charge in [-0.05, 0) is 24.6 Å². The van der Waals surface area contributed by atoms with Crippen LogP contribution in [0.2, 0.25) is 0 Å². The average molecular weight is 281 g/mol. The fraction of sp³-hybridized carbons (Fsp3) is 0.0625. The van der Waals surface area contributed by atoms with Crippen LogP contribution in [-0.4, -0.2) is 15.2 Å². The number of rotatable bonds is 2. The molecular weight excluding hydrogens is 269 g/mol. The van der Waals surface area contributed by atoms with Crippen molar-refractivity contribution in [1.29, 1.82) is 0 Å². The fourth-order valence-electron chi connectivity index (χ4n) is 2.13. The first kappa shape index (κ1) is 13.2. The molecule has 4 nitrogen and oxygen atoms in total. The first-order chi connectivity index (χ1) is 10.1. The van der Waals surface area contributed by atoms with Crippen LogP contribution in [0.15, 0.2) is 53.3 Å². The highest BCUT2D eigenvalue weighted by Gasteiger charge is 2.15. The van der Waals surface area contributed by atoms with Crippen molar-refractivity contribution in [2.24, 2.45) is 0 Å². The van der Waals surface area contributed by atoms with Gasteiger partial charge in [0.25, 0.3) is 0 Å². The molecule has 0 radical (unpaired) electrons. The first-order valence-electron chi connectivity index (χ1n) is 6.44. The van der Waals surface area contributed by atoms with Crippen LogP contribution in [-0.2, 0) is 0 Å². The van der Waals surface area contributed by atoms with Gasteiger partial charge in [0, 0.05) is 11.1 Å². The topological polar surface area (TPSA) is 58.6 Å². The zero-order chi connectivity index (χ0) is 14.8. The number of nitrogens with one attached hydrogen (secondary N) is 1. The number of nitrogens with zero attached hydrogens (tertiary/aromatic N) is 2. The van der Waals surface area contributed by atoms with Crippen LogP contribution < -0.4 is 5.69 Å². The van der Waals surface area contributed by atoms with Crippen molar-refractivity contribution in [3.05, 3.63) is 70.4 Å². The van der Waals surface area contributed by atoms with Gasteiger partial charge in [0.15, 0.2) is 0 Å². The lowest BCUT2D eigenvalue weighted by Gasteiger charge is -2.08. The number of benzene rings is 2. The number of hydrogen-bond acceptors (Lipinski definition) is 3. The highest BCUT2D eigenvalue weighted by atomic mass is 19.1. The minimum Gasteiger partial charge on any atom is -0.244 e. The van der Waals surface area contributed by atoms with Crippen molar-refractivity contribution in [1.82, 2.24) is 15.2 Å². The van der Waals surface area contributed by atoms with E-state index in [4.69, 9.17) is 0 Å². The van der Waals surface area contributed by atoms with Gasteiger partial charge >= 0.3 is 5.69 Å². The Bertz CT molecular complexity index is 844. The fourth-order valence-corrected chi connectivity index (χ4v) is 2.13. The van der Waals surface area contributed by atoms with E-state index in [0.29, 0.717) is 22.5 Å². The molecule has 1 N–H and O–H groups in total. The third-order valence-corrected chi connectivity index (χ3v) is 3.13. The molecule has 0 aliphatic heterocycles. The molecule has 1 heterocycles. The van der Waals surface area contributed by atoms with Crippen LogP contribution in [0.25, 0.3) is 22.5 Å². The summed E-state index contributed by atoms with van der Waals surface area (Å²) in [6.45, 7) is 1.81. The second-order valence-electron chi connectivity index (χ2n) is 4.69. The third-order valence-electron chi connectivity index (χ3n) is 3.13. The van der Waals surface area contributed by atoms with Crippen molar-refractivity contribution in [2.45, 2.75) is 6.92 Å². The summed E-state index contributed by atoms with van der Waals surface area (Å²) in [6.07, 6.45) is 0. The van der Waals surface area contributed by atoms with Gasteiger partial charge in [-0.2, -0.15) is 10.1 Å². The first-order valence-corrected chi connectivity index (χ1v) is 6.44. The van der Waals surface area contributed by atoms with E-state index < -0.39 is 11.5 Å². The second kappa shape index (κ2) is 5.28. The molecule has 3 aromatic rings. The molecule has 1 aromatic heterocycles. The van der Waals surface area contributed by atoms with Crippen LogP contribution in [0.1, 0.15) is 5.56 Å². The maximum absolute atomic E-state index is 14.2. The van der Waals surface area contributed by atoms with Crippen molar-refractivity contribution >= 4 is 0 Å². The molecule has 0 saturated heterocycles. The predicted molar refractivity (Wildman–Crippen MR) is 78.2 cm³/mol. The monoisotopic (exact) mass is 281 g/mol. The van der Waals surface area contributed by atoms with Gasteiger partial charge in [-0.15, -0.1) is 0 Å². The molecule has 21 heavy (non-hydrogen) atoms. The molecule has 0 aliphatic rings. The summed E-state index contributed by atoms with van der Waals surface area (Å²) in [6, 6.07) is 14.0. The second-order valence-corrected chi connectivity index (χ2v) is 4.69. The lowest BCUT2D eigenvalue weighted by molar-refractivity contribution is 0.629. The van der Waals surface area contributed by atoms with E-state index in [1.54, 1.807) is 24.3 Å². The number of aromatic nitrogens is 3. The highest BCUT2D eigenvalue weighted by Crippen LogP contribution is 2.29. The Morgan fingerprint density at radius 2 is 1.81 bits per heavy atom. The number of aromatic amines is 1. The van der Waals surface area contributed by atoms with E-state index in [1.165, 1.54) is 6.07 Å². The smallest absolute Gasteiger partial charge is 0.244 e. The summed E-state index contributed by atoms with van der Waals surface area (Å²) in [4.78, 5) is 15.4. The molecule has 0 atom stereocenters. The standard InChI is InChI=1S/C16H12FN3O/c1-10-7-8-12(13(17)9-10)15-14(18-16(21)20-19-15)11-5-3-2-4-6-11/h2-9H,1H3,(H,18,20,21). The van der Waals surface area contributed by atoms with Gasteiger partial charge in [0.1, 0.15) is 17.2 Å². The van der Waals surface area contributed by atoms with Crippen molar-refractivity contribution < 1.29 is 4.39 Å². The number of halogens is 1. The molecular formula is C16H12FN3O. The molecule has 0 fully saturated rings. The minimum absolute atomic E-state index is 0.309. The maximum atomic E-state index is 14.2. The molecule has 2 aromatic carbocycles. The summed E-state index contributed by atoms with van der Waals surface area (Å²) in [5.74, 6) is -0.395. The Morgan fingerprint density at radius 3 is 2.52 bits per heavy atom. The largest absolute Gasteiger partial charge is 0.361 e. The predicted octanol–water partition coefficient (Wildman–Crippen LogP) is 2.95. The van der Waals surface area contributed by atoms with Gasteiger partial charge in [-0.3, -0.25) is 0 Å². The number of H-pyrrole nitrogens is 1. The highest BCUT2D eigenvalue weighted by molar-refractivity contribution is 5.77. The van der Waals surface area contributed by atoms with Gasteiger partial charge in [-0.1, -0.05) is 36.4 Å². The van der Waals surface area contributed by atoms with E-state index in [9.17, 15) is 9.18 Å². The SMILES string of the molecule is Cc1ccc(-c2n[nH]c(=O)nc2-c2ccccc2)c(F)c1. The third kappa shape index (κ3) is 2.58. The van der Waals surface area contributed by atoms with Crippen LogP contribution in [0, 0.1) is 12.7 Å². The van der Waals surface area contributed by atoms with Gasteiger partial charge in [0.05, 0.1) is 0 Å². The zero-order valence-corrected chi connectivity index (χ0v) is 11.3. The summed E-state index contributed by atoms with van der Waals surface area (Å²) in [7, 11) is 0. The Morgan fingerprint density at radius 1 is 1.05 bits per heavy atom. The van der Waals surface area contributed by atoms with Crippen LogP contribution in [0.3, 0.4) is 0 Å². The molecule has 0 spiro atoms. The van der Waals surface area contributed by atoms with Crippen molar-refractivity contribution in [3.63, 3.8) is 0 Å². The molecule has 3 rings (SSSR count). The molecule has 0 amide bonds. The Balaban J connectivity index is 2.26. The molecule has 5 heteroatoms. The zero-order valence-electron chi connectivity index (χ0n) is 11.3. The summed E-state index contributed by atoms with van der Waals surface area (Å²) in [5.41, 5.74) is 1.95. The molecule has 0 saturated carbocycles. The van der Waals surface area contributed by atoms with Gasteiger partial charge < -0.3 is 0 Å². The normalized spacial score (nSPS) is 10.6. The number of hydrogen-bond donors (Lipinski definition) is 1. The van der Waals surface area contributed by atoms with Gasteiger partial charge in [-0.25, -0.2) is 14.3 Å². The van der Waals surface area contributed by atoms with E-state index >= 15 is 0 Å². The van der Waals surface area contributed by atoms with Crippen LogP contribution in [0.5, 0.6) is 0 Å². The Kier molecular flexibility index (Phi) is 3.31. The maximum Gasteiger partial charge on any atom is 0.361 e. The van der Waals surface area contributed by atoms with Crippen LogP contribution in [0.4, 0.5) is 4.39 Å². The summed E-state index contributed by atoms with van der Waals surface area (Å²) in [5, 5.41) is 6.24. The quantitative estimate of drug-likeness (QED) is 0.785. The summed E-state index contributed by atoms with van der Waals surface area (Å²) >= 11 is 0. The molecule has 104 valence electrons. The molecule has 0 aliphatic carbocycles. The average Bonchev–Trinajstić information content (AvgIpc) is 2.49. The van der Waals surface area contributed by atoms with E-state index in [1.807, 2.05) is 25.1 Å². The Hall–Kier alpha value is -2.82. The van der Waals surface area contributed by atoms with E-state index in [-0.39, 0.29) is 0 Å². The minimum atomic E-state index is -0.565. The van der Waals surface area contributed by atoms with Gasteiger partial charge in [0.2, 0.25) is 0 Å². The van der Waals surface area contributed by atoms with Crippen molar-refractivity contribution in [2.75, 3.05) is 0 Å². The van der Waals surface area contributed by atoms with Crippen LogP contribution >= 0.6 is 0 Å². The lowest BCUT2D eigenvalue weighted by Crippen LogP contribution is -2.14. The van der Waals surface area contributed by atoms with E-state index in [2.05, 4.69) is 15.2 Å². The number of aryl methyl sites for hydroxylation is 1. The Labute approximate surface area is 120 Å².